The van der Waals surface area contributed by atoms with Crippen molar-refractivity contribution in [2.24, 2.45) is 7.05 Å². The van der Waals surface area contributed by atoms with E-state index in [2.05, 4.69) is 10.6 Å². The number of carbonyl (C=O) groups excluding carboxylic acids is 1. The molecule has 1 fully saturated rings. The van der Waals surface area contributed by atoms with Crippen molar-refractivity contribution in [3.05, 3.63) is 58.4 Å². The maximum Gasteiger partial charge on any atom is 0.268 e. The maximum absolute atomic E-state index is 13.5. The summed E-state index contributed by atoms with van der Waals surface area (Å²) in [6, 6.07) is 5.30. The van der Waals surface area contributed by atoms with E-state index in [1.807, 2.05) is 0 Å². The van der Waals surface area contributed by atoms with Crippen LogP contribution in [0.5, 0.6) is 0 Å². The quantitative estimate of drug-likeness (QED) is 0.891. The van der Waals surface area contributed by atoms with Gasteiger partial charge in [-0.1, -0.05) is 17.7 Å². The van der Waals surface area contributed by atoms with Crippen LogP contribution < -0.4 is 10.6 Å². The molecule has 1 amide bonds. The van der Waals surface area contributed by atoms with Crippen molar-refractivity contribution in [1.82, 2.24) is 15.2 Å². The number of hydrogen-bond acceptors (Lipinski definition) is 2. The highest BCUT2D eigenvalue weighted by molar-refractivity contribution is 6.31. The largest absolute Gasteiger partial charge is 0.346 e. The van der Waals surface area contributed by atoms with E-state index in [9.17, 15) is 13.6 Å². The number of rotatable bonds is 3. The molecule has 1 aliphatic rings. The highest BCUT2D eigenvalue weighted by Gasteiger charge is 2.29. The molecular weight excluding hydrogens is 336 g/mol. The molecule has 4 nitrogen and oxygen atoms in total. The third kappa shape index (κ3) is 3.44. The highest BCUT2D eigenvalue weighted by atomic mass is 35.5. The second kappa shape index (κ2) is 6.91. The van der Waals surface area contributed by atoms with Crippen molar-refractivity contribution in [3.63, 3.8) is 0 Å². The second-order valence-corrected chi connectivity index (χ2v) is 6.44. The minimum absolute atomic E-state index is 0.0824. The van der Waals surface area contributed by atoms with E-state index in [0.29, 0.717) is 22.8 Å². The fraction of sp³-hybridized carbons (Fsp3) is 0.353. The van der Waals surface area contributed by atoms with Crippen molar-refractivity contribution in [3.8, 4) is 0 Å². The molecule has 2 N–H and O–H groups in total. The van der Waals surface area contributed by atoms with Crippen LogP contribution in [0, 0.1) is 11.6 Å². The maximum atomic E-state index is 13.5. The van der Waals surface area contributed by atoms with Crippen molar-refractivity contribution >= 4 is 17.5 Å². The van der Waals surface area contributed by atoms with E-state index >= 15 is 0 Å². The normalized spacial score (nSPS) is 20.8. The Balaban J connectivity index is 1.80. The lowest BCUT2D eigenvalue weighted by Gasteiger charge is -2.33. The fourth-order valence-corrected chi connectivity index (χ4v) is 3.39. The van der Waals surface area contributed by atoms with Gasteiger partial charge >= 0.3 is 0 Å². The average Bonchev–Trinajstić information content (AvgIpc) is 2.89. The zero-order valence-corrected chi connectivity index (χ0v) is 13.9. The number of piperidine rings is 1. The first-order valence-electron chi connectivity index (χ1n) is 7.74. The van der Waals surface area contributed by atoms with Gasteiger partial charge in [-0.25, -0.2) is 8.78 Å². The van der Waals surface area contributed by atoms with Crippen LogP contribution in [0.3, 0.4) is 0 Å². The van der Waals surface area contributed by atoms with Crippen LogP contribution in [0.25, 0.3) is 0 Å². The molecule has 0 radical (unpaired) electrons. The van der Waals surface area contributed by atoms with E-state index in [1.165, 1.54) is 6.07 Å². The second-order valence-electron chi connectivity index (χ2n) is 6.01. The van der Waals surface area contributed by atoms with Gasteiger partial charge in [0, 0.05) is 31.7 Å². The summed E-state index contributed by atoms with van der Waals surface area (Å²) < 4.78 is 28.4. The first-order valence-corrected chi connectivity index (χ1v) is 8.12. The Morgan fingerprint density at radius 2 is 2.12 bits per heavy atom. The van der Waals surface area contributed by atoms with Crippen LogP contribution in [0.4, 0.5) is 8.78 Å². The summed E-state index contributed by atoms with van der Waals surface area (Å²) in [4.78, 5) is 12.5. The summed E-state index contributed by atoms with van der Waals surface area (Å²) in [7, 11) is 1.74. The van der Waals surface area contributed by atoms with Crippen LogP contribution in [0.1, 0.15) is 28.4 Å². The third-order valence-electron chi connectivity index (χ3n) is 4.37. The van der Waals surface area contributed by atoms with Gasteiger partial charge in [-0.15, -0.1) is 0 Å². The molecule has 1 saturated heterocycles. The van der Waals surface area contributed by atoms with Crippen LogP contribution in [0.2, 0.25) is 5.02 Å². The number of benzene rings is 1. The molecular formula is C17H18ClF2N3O. The van der Waals surface area contributed by atoms with E-state index in [-0.39, 0.29) is 17.9 Å². The Kier molecular flexibility index (Phi) is 4.87. The number of carbonyl (C=O) groups is 1. The molecule has 2 heterocycles. The molecule has 0 bridgehead atoms. The number of halogens is 3. The van der Waals surface area contributed by atoms with E-state index < -0.39 is 11.6 Å². The van der Waals surface area contributed by atoms with E-state index in [1.54, 1.807) is 29.9 Å². The zero-order chi connectivity index (χ0) is 17.3. The Morgan fingerprint density at radius 1 is 1.33 bits per heavy atom. The van der Waals surface area contributed by atoms with Crippen molar-refractivity contribution in [2.75, 3.05) is 13.1 Å². The minimum Gasteiger partial charge on any atom is -0.346 e. The topological polar surface area (TPSA) is 46.1 Å². The van der Waals surface area contributed by atoms with Gasteiger partial charge in [-0.05, 0) is 36.7 Å². The molecule has 0 saturated carbocycles. The zero-order valence-electron chi connectivity index (χ0n) is 13.2. The summed E-state index contributed by atoms with van der Waals surface area (Å²) in [5.41, 5.74) is 1.14. The Hall–Kier alpha value is -1.92. The van der Waals surface area contributed by atoms with Gasteiger partial charge < -0.3 is 15.2 Å². The Bertz CT molecular complexity index is 762. The third-order valence-corrected chi connectivity index (χ3v) is 4.58. The number of nitrogens with zero attached hydrogens (tertiary/aromatic N) is 1. The highest BCUT2D eigenvalue weighted by Crippen LogP contribution is 2.27. The lowest BCUT2D eigenvalue weighted by atomic mass is 9.86. The van der Waals surface area contributed by atoms with Crippen molar-refractivity contribution in [1.29, 1.82) is 0 Å². The smallest absolute Gasteiger partial charge is 0.268 e. The van der Waals surface area contributed by atoms with Gasteiger partial charge in [0.1, 0.15) is 5.69 Å². The molecule has 7 heteroatoms. The summed E-state index contributed by atoms with van der Waals surface area (Å²) in [5, 5.41) is 6.68. The molecule has 24 heavy (non-hydrogen) atoms. The Morgan fingerprint density at radius 3 is 2.79 bits per heavy atom. The van der Waals surface area contributed by atoms with E-state index in [4.69, 9.17) is 11.6 Å². The van der Waals surface area contributed by atoms with Gasteiger partial charge in [-0.2, -0.15) is 0 Å². The van der Waals surface area contributed by atoms with Crippen molar-refractivity contribution in [2.45, 2.75) is 18.4 Å². The van der Waals surface area contributed by atoms with Gasteiger partial charge in [0.15, 0.2) is 11.6 Å². The standard InChI is InChI=1S/C17H18ClF2N3O/c1-23-9-11(18)7-16(23)17(24)22-15-8-21-5-4-12(15)10-2-3-13(19)14(20)6-10/h2-3,6-7,9,12,15,21H,4-5,8H2,1H3,(H,22,24). The van der Waals surface area contributed by atoms with Crippen LogP contribution in [0.15, 0.2) is 30.5 Å². The number of amides is 1. The minimum atomic E-state index is -0.870. The Labute approximate surface area is 143 Å². The molecule has 0 spiro atoms. The van der Waals surface area contributed by atoms with E-state index in [0.717, 1.165) is 19.0 Å². The fourth-order valence-electron chi connectivity index (χ4n) is 3.14. The summed E-state index contributed by atoms with van der Waals surface area (Å²) in [6.45, 7) is 1.32. The molecule has 2 unspecified atom stereocenters. The molecule has 1 aromatic carbocycles. The van der Waals surface area contributed by atoms with Crippen LogP contribution in [-0.4, -0.2) is 29.6 Å². The van der Waals surface area contributed by atoms with Crippen LogP contribution in [-0.2, 0) is 7.05 Å². The molecule has 0 aliphatic carbocycles. The molecule has 1 aromatic heterocycles. The molecule has 1 aliphatic heterocycles. The average molecular weight is 354 g/mol. The summed E-state index contributed by atoms with van der Waals surface area (Å²) in [6.07, 6.45) is 2.38. The molecule has 2 atom stereocenters. The number of aryl methyl sites for hydroxylation is 1. The number of hydrogen-bond donors (Lipinski definition) is 2. The molecule has 128 valence electrons. The lowest BCUT2D eigenvalue weighted by molar-refractivity contribution is 0.0916. The predicted octanol–water partition coefficient (Wildman–Crippen LogP) is 2.83. The van der Waals surface area contributed by atoms with Gasteiger partial charge in [0.2, 0.25) is 0 Å². The summed E-state index contributed by atoms with van der Waals surface area (Å²) in [5.74, 6) is -2.07. The molecule has 2 aromatic rings. The number of nitrogens with one attached hydrogen (secondary N) is 2. The SMILES string of the molecule is Cn1cc(Cl)cc1C(=O)NC1CNCCC1c1ccc(F)c(F)c1. The van der Waals surface area contributed by atoms with Crippen LogP contribution >= 0.6 is 11.6 Å². The first-order chi connectivity index (χ1) is 11.5. The monoisotopic (exact) mass is 353 g/mol. The van der Waals surface area contributed by atoms with Crippen molar-refractivity contribution < 1.29 is 13.6 Å². The van der Waals surface area contributed by atoms with Gasteiger partial charge in [-0.3, -0.25) is 4.79 Å². The molecule has 3 rings (SSSR count). The van der Waals surface area contributed by atoms with Gasteiger partial charge in [0.05, 0.1) is 5.02 Å². The first kappa shape index (κ1) is 16.9. The summed E-state index contributed by atoms with van der Waals surface area (Å²) >= 11 is 5.92. The predicted molar refractivity (Wildman–Crippen MR) is 88.3 cm³/mol. The lowest BCUT2D eigenvalue weighted by Crippen LogP contribution is -2.50. The van der Waals surface area contributed by atoms with Gasteiger partial charge in [0.25, 0.3) is 5.91 Å². The number of aromatic nitrogens is 1.